The van der Waals surface area contributed by atoms with Gasteiger partial charge in [0.05, 0.1) is 11.8 Å². The van der Waals surface area contributed by atoms with Crippen LogP contribution in [0.2, 0.25) is 0 Å². The molecule has 21 heavy (non-hydrogen) atoms. The van der Waals surface area contributed by atoms with Crippen molar-refractivity contribution < 1.29 is 9.53 Å². The van der Waals surface area contributed by atoms with Gasteiger partial charge in [0.15, 0.2) is 5.78 Å². The Bertz CT molecular complexity index is 825. The number of hydrogen-bond acceptors (Lipinski definition) is 5. The van der Waals surface area contributed by atoms with E-state index in [2.05, 4.69) is 10.2 Å². The highest BCUT2D eigenvalue weighted by molar-refractivity contribution is 5.98. The van der Waals surface area contributed by atoms with Crippen LogP contribution in [0.25, 0.3) is 10.8 Å². The molecule has 104 valence electrons. The van der Waals surface area contributed by atoms with E-state index in [1.807, 2.05) is 24.3 Å². The molecule has 0 saturated heterocycles. The van der Waals surface area contributed by atoms with E-state index in [0.717, 1.165) is 10.8 Å². The van der Waals surface area contributed by atoms with Crippen LogP contribution in [0.1, 0.15) is 17.3 Å². The number of rotatable bonds is 3. The summed E-state index contributed by atoms with van der Waals surface area (Å²) in [6.45, 7) is 1.47. The van der Waals surface area contributed by atoms with Gasteiger partial charge >= 0.3 is 0 Å². The Morgan fingerprint density at radius 2 is 2.00 bits per heavy atom. The Kier molecular flexibility index (Phi) is 3.23. The number of ether oxygens (including phenoxy) is 1. The maximum atomic E-state index is 11.7. The van der Waals surface area contributed by atoms with Crippen molar-refractivity contribution >= 4 is 22.2 Å². The van der Waals surface area contributed by atoms with Crippen molar-refractivity contribution in [2.24, 2.45) is 0 Å². The van der Waals surface area contributed by atoms with Gasteiger partial charge in [0.1, 0.15) is 5.75 Å². The summed E-state index contributed by atoms with van der Waals surface area (Å²) in [5, 5.41) is 9.68. The highest BCUT2D eigenvalue weighted by Gasteiger charge is 2.12. The molecule has 5 heteroatoms. The first kappa shape index (κ1) is 13.1. The number of anilines is 1. The van der Waals surface area contributed by atoms with E-state index < -0.39 is 0 Å². The molecular weight excluding hydrogens is 266 g/mol. The molecule has 0 bridgehead atoms. The summed E-state index contributed by atoms with van der Waals surface area (Å²) in [7, 11) is 0. The molecule has 0 atom stereocenters. The van der Waals surface area contributed by atoms with Crippen molar-refractivity contribution in [1.82, 2.24) is 10.2 Å². The number of fused-ring (bicyclic) bond motifs is 1. The Hall–Kier alpha value is -2.95. The number of Topliss-reactive ketones (excluding diaryl/α,β-unsaturated/α-hetero) is 1. The predicted molar refractivity (Wildman–Crippen MR) is 80.5 cm³/mol. The average Bonchev–Trinajstić information content (AvgIpc) is 2.49. The van der Waals surface area contributed by atoms with E-state index >= 15 is 0 Å². The lowest BCUT2D eigenvalue weighted by Crippen LogP contribution is -2.00. The van der Waals surface area contributed by atoms with Crippen LogP contribution in [-0.2, 0) is 0 Å². The minimum atomic E-state index is -0.120. The maximum Gasteiger partial charge on any atom is 0.246 e. The Labute approximate surface area is 121 Å². The summed E-state index contributed by atoms with van der Waals surface area (Å²) in [5.41, 5.74) is 6.65. The van der Waals surface area contributed by atoms with E-state index in [1.165, 1.54) is 6.92 Å². The van der Waals surface area contributed by atoms with E-state index in [1.54, 1.807) is 24.4 Å². The maximum absolute atomic E-state index is 11.7. The van der Waals surface area contributed by atoms with Gasteiger partial charge in [-0.25, -0.2) is 0 Å². The normalized spacial score (nSPS) is 10.5. The lowest BCUT2D eigenvalue weighted by molar-refractivity contribution is 0.101. The molecule has 0 amide bonds. The fourth-order valence-electron chi connectivity index (χ4n) is 2.09. The van der Waals surface area contributed by atoms with Crippen LogP contribution in [0, 0.1) is 0 Å². The summed E-state index contributed by atoms with van der Waals surface area (Å²) in [4.78, 5) is 11.7. The van der Waals surface area contributed by atoms with Crippen LogP contribution >= 0.6 is 0 Å². The smallest absolute Gasteiger partial charge is 0.246 e. The van der Waals surface area contributed by atoms with Gasteiger partial charge < -0.3 is 10.5 Å². The van der Waals surface area contributed by atoms with Crippen LogP contribution in [-0.4, -0.2) is 16.0 Å². The summed E-state index contributed by atoms with van der Waals surface area (Å²) >= 11 is 0. The quantitative estimate of drug-likeness (QED) is 0.588. The van der Waals surface area contributed by atoms with Gasteiger partial charge in [-0.2, -0.15) is 5.10 Å². The van der Waals surface area contributed by atoms with Crippen molar-refractivity contribution in [3.8, 4) is 11.6 Å². The minimum absolute atomic E-state index is 0.120. The lowest BCUT2D eigenvalue weighted by atomic mass is 10.1. The van der Waals surface area contributed by atoms with Crippen LogP contribution in [0.15, 0.2) is 48.7 Å². The number of hydrogen-bond donors (Lipinski definition) is 1. The molecule has 0 unspecified atom stereocenters. The number of nitrogens with zero attached hydrogens (tertiary/aromatic N) is 2. The number of ketones is 1. The van der Waals surface area contributed by atoms with Gasteiger partial charge in [0.25, 0.3) is 0 Å². The van der Waals surface area contributed by atoms with Gasteiger partial charge in [-0.05, 0) is 31.2 Å². The summed E-state index contributed by atoms with van der Waals surface area (Å²) in [5.74, 6) is 0.660. The first-order chi connectivity index (χ1) is 10.1. The zero-order valence-corrected chi connectivity index (χ0v) is 11.4. The number of carbonyl (C=O) groups excluding carboxylic acids is 1. The molecule has 3 aromatic rings. The summed E-state index contributed by atoms with van der Waals surface area (Å²) in [6, 6.07) is 12.6. The number of nitrogens with two attached hydrogens (primary N) is 1. The third-order valence-corrected chi connectivity index (χ3v) is 3.13. The van der Waals surface area contributed by atoms with E-state index in [9.17, 15) is 4.79 Å². The van der Waals surface area contributed by atoms with Crippen LogP contribution < -0.4 is 10.5 Å². The first-order valence-corrected chi connectivity index (χ1v) is 6.44. The van der Waals surface area contributed by atoms with Gasteiger partial charge in [0, 0.05) is 16.5 Å². The largest absolute Gasteiger partial charge is 0.436 e. The van der Waals surface area contributed by atoms with Gasteiger partial charge in [-0.3, -0.25) is 4.79 Å². The molecule has 0 aliphatic rings. The summed E-state index contributed by atoms with van der Waals surface area (Å²) in [6.07, 6.45) is 1.66. The second-order valence-electron chi connectivity index (χ2n) is 4.65. The number of carbonyl (C=O) groups is 1. The molecule has 0 saturated carbocycles. The SMILES string of the molecule is CC(=O)c1cc(N)ccc1Oc1nncc2ccccc12. The van der Waals surface area contributed by atoms with Crippen molar-refractivity contribution in [3.05, 3.63) is 54.2 Å². The highest BCUT2D eigenvalue weighted by Crippen LogP contribution is 2.30. The molecule has 3 rings (SSSR count). The Balaban J connectivity index is 2.09. The second-order valence-corrected chi connectivity index (χ2v) is 4.65. The monoisotopic (exact) mass is 279 g/mol. The van der Waals surface area contributed by atoms with Crippen molar-refractivity contribution in [2.75, 3.05) is 5.73 Å². The molecule has 2 N–H and O–H groups in total. The van der Waals surface area contributed by atoms with Gasteiger partial charge in [-0.1, -0.05) is 18.2 Å². The van der Waals surface area contributed by atoms with E-state index in [0.29, 0.717) is 22.9 Å². The molecule has 5 nitrogen and oxygen atoms in total. The molecule has 0 radical (unpaired) electrons. The zero-order valence-electron chi connectivity index (χ0n) is 11.4. The fraction of sp³-hybridized carbons (Fsp3) is 0.0625. The lowest BCUT2D eigenvalue weighted by Gasteiger charge is -2.10. The molecule has 0 aliphatic carbocycles. The number of benzene rings is 2. The first-order valence-electron chi connectivity index (χ1n) is 6.44. The van der Waals surface area contributed by atoms with Gasteiger partial charge in [-0.15, -0.1) is 5.10 Å². The minimum Gasteiger partial charge on any atom is -0.436 e. The molecule has 0 fully saturated rings. The highest BCUT2D eigenvalue weighted by atomic mass is 16.5. The number of aromatic nitrogens is 2. The van der Waals surface area contributed by atoms with Crippen LogP contribution in [0.3, 0.4) is 0 Å². The standard InChI is InChI=1S/C16H13N3O2/c1-10(20)14-8-12(17)6-7-15(14)21-16-13-5-3-2-4-11(13)9-18-19-16/h2-9H,17H2,1H3. The molecule has 0 aliphatic heterocycles. The topological polar surface area (TPSA) is 78.1 Å². The predicted octanol–water partition coefficient (Wildman–Crippen LogP) is 3.21. The Morgan fingerprint density at radius 1 is 1.19 bits per heavy atom. The average molecular weight is 279 g/mol. The van der Waals surface area contributed by atoms with E-state index in [-0.39, 0.29) is 5.78 Å². The third-order valence-electron chi connectivity index (χ3n) is 3.13. The van der Waals surface area contributed by atoms with Gasteiger partial charge in [0.2, 0.25) is 5.88 Å². The van der Waals surface area contributed by atoms with Crippen LogP contribution in [0.5, 0.6) is 11.6 Å². The van der Waals surface area contributed by atoms with Crippen molar-refractivity contribution in [1.29, 1.82) is 0 Å². The summed E-state index contributed by atoms with van der Waals surface area (Å²) < 4.78 is 5.79. The van der Waals surface area contributed by atoms with Crippen molar-refractivity contribution in [3.63, 3.8) is 0 Å². The molecule has 1 aromatic heterocycles. The Morgan fingerprint density at radius 3 is 2.81 bits per heavy atom. The molecular formula is C16H13N3O2. The second kappa shape index (κ2) is 5.20. The molecule has 2 aromatic carbocycles. The molecule has 1 heterocycles. The van der Waals surface area contributed by atoms with E-state index in [4.69, 9.17) is 10.5 Å². The fourth-order valence-corrected chi connectivity index (χ4v) is 2.09. The number of nitrogen functional groups attached to an aromatic ring is 1. The zero-order chi connectivity index (χ0) is 14.8. The van der Waals surface area contributed by atoms with Crippen LogP contribution in [0.4, 0.5) is 5.69 Å². The third kappa shape index (κ3) is 2.53. The molecule has 0 spiro atoms. The van der Waals surface area contributed by atoms with Crippen molar-refractivity contribution in [2.45, 2.75) is 6.92 Å².